The van der Waals surface area contributed by atoms with Gasteiger partial charge in [0.1, 0.15) is 0 Å². The summed E-state index contributed by atoms with van der Waals surface area (Å²) in [7, 11) is 0. The standard InChI is InChI=1S/C12H14ClNO2/c1-7(2)3-10(14)8-4-11-12(5-9(8)13)16-6-15-11/h4-5,10H,1,3,6,14H2,2H3/t10-/m0/s1. The van der Waals surface area contributed by atoms with E-state index in [1.165, 1.54) is 0 Å². The van der Waals surface area contributed by atoms with Crippen LogP contribution in [0.25, 0.3) is 0 Å². The van der Waals surface area contributed by atoms with Crippen LogP contribution in [-0.4, -0.2) is 6.79 Å². The van der Waals surface area contributed by atoms with E-state index in [9.17, 15) is 0 Å². The lowest BCUT2D eigenvalue weighted by Crippen LogP contribution is -2.11. The molecule has 0 fully saturated rings. The van der Waals surface area contributed by atoms with Crippen molar-refractivity contribution in [3.63, 3.8) is 0 Å². The molecule has 2 rings (SSSR count). The Kier molecular flexibility index (Phi) is 3.08. The number of hydrogen-bond donors (Lipinski definition) is 1. The second-order valence-electron chi connectivity index (χ2n) is 3.99. The molecule has 0 bridgehead atoms. The first-order chi connectivity index (χ1) is 7.58. The predicted octanol–water partition coefficient (Wildman–Crippen LogP) is 3.03. The number of nitrogens with two attached hydrogens (primary N) is 1. The van der Waals surface area contributed by atoms with Crippen LogP contribution in [0, 0.1) is 0 Å². The van der Waals surface area contributed by atoms with Crippen LogP contribution in [0.15, 0.2) is 24.3 Å². The molecule has 86 valence electrons. The largest absolute Gasteiger partial charge is 0.454 e. The third kappa shape index (κ3) is 2.15. The van der Waals surface area contributed by atoms with Gasteiger partial charge >= 0.3 is 0 Å². The number of rotatable bonds is 3. The first-order valence-electron chi connectivity index (χ1n) is 5.07. The van der Waals surface area contributed by atoms with Crippen LogP contribution in [-0.2, 0) is 0 Å². The molecule has 1 heterocycles. The topological polar surface area (TPSA) is 44.5 Å². The summed E-state index contributed by atoms with van der Waals surface area (Å²) in [5.41, 5.74) is 7.95. The molecule has 16 heavy (non-hydrogen) atoms. The molecule has 0 saturated carbocycles. The molecule has 0 saturated heterocycles. The molecule has 0 radical (unpaired) electrons. The van der Waals surface area contributed by atoms with Crippen molar-refractivity contribution in [2.24, 2.45) is 5.73 Å². The molecule has 0 aromatic heterocycles. The van der Waals surface area contributed by atoms with Gasteiger partial charge in [0.05, 0.1) is 0 Å². The lowest BCUT2D eigenvalue weighted by Gasteiger charge is -2.14. The number of hydrogen-bond acceptors (Lipinski definition) is 3. The molecule has 0 amide bonds. The highest BCUT2D eigenvalue weighted by molar-refractivity contribution is 6.31. The number of ether oxygens (including phenoxy) is 2. The average molecular weight is 240 g/mol. The van der Waals surface area contributed by atoms with Crippen molar-refractivity contribution in [1.82, 2.24) is 0 Å². The van der Waals surface area contributed by atoms with Gasteiger partial charge in [-0.2, -0.15) is 0 Å². The van der Waals surface area contributed by atoms with Crippen molar-refractivity contribution < 1.29 is 9.47 Å². The van der Waals surface area contributed by atoms with Crippen molar-refractivity contribution in [2.75, 3.05) is 6.79 Å². The normalized spacial score (nSPS) is 14.9. The molecular formula is C12H14ClNO2. The van der Waals surface area contributed by atoms with E-state index in [1.54, 1.807) is 6.07 Å². The Balaban J connectivity index is 2.30. The number of fused-ring (bicyclic) bond motifs is 1. The Morgan fingerprint density at radius 2 is 2.12 bits per heavy atom. The third-order valence-corrected chi connectivity index (χ3v) is 2.79. The van der Waals surface area contributed by atoms with E-state index < -0.39 is 0 Å². The fourth-order valence-corrected chi connectivity index (χ4v) is 2.00. The summed E-state index contributed by atoms with van der Waals surface area (Å²) in [5, 5.41) is 0.609. The summed E-state index contributed by atoms with van der Waals surface area (Å²) in [5.74, 6) is 1.38. The molecular weight excluding hydrogens is 226 g/mol. The van der Waals surface area contributed by atoms with Gasteiger partial charge in [-0.25, -0.2) is 0 Å². The lowest BCUT2D eigenvalue weighted by molar-refractivity contribution is 0.174. The van der Waals surface area contributed by atoms with Gasteiger partial charge in [-0.15, -0.1) is 6.58 Å². The number of benzene rings is 1. The van der Waals surface area contributed by atoms with E-state index in [0.717, 1.165) is 11.1 Å². The predicted molar refractivity (Wildman–Crippen MR) is 63.9 cm³/mol. The highest BCUT2D eigenvalue weighted by atomic mass is 35.5. The van der Waals surface area contributed by atoms with Crippen molar-refractivity contribution in [3.05, 3.63) is 34.9 Å². The third-order valence-electron chi connectivity index (χ3n) is 2.46. The molecule has 0 spiro atoms. The SMILES string of the molecule is C=C(C)C[C@H](N)c1cc2c(cc1Cl)OCO2. The summed E-state index contributed by atoms with van der Waals surface area (Å²) in [4.78, 5) is 0. The highest BCUT2D eigenvalue weighted by Crippen LogP contribution is 2.39. The van der Waals surface area contributed by atoms with E-state index in [4.69, 9.17) is 26.8 Å². The fraction of sp³-hybridized carbons (Fsp3) is 0.333. The van der Waals surface area contributed by atoms with Gasteiger partial charge in [-0.1, -0.05) is 17.2 Å². The Morgan fingerprint density at radius 3 is 2.75 bits per heavy atom. The summed E-state index contributed by atoms with van der Waals surface area (Å²) in [6.45, 7) is 6.03. The minimum atomic E-state index is -0.153. The summed E-state index contributed by atoms with van der Waals surface area (Å²) < 4.78 is 10.5. The van der Waals surface area contributed by atoms with Gasteiger partial charge in [-0.05, 0) is 25.0 Å². The molecule has 1 aliphatic heterocycles. The highest BCUT2D eigenvalue weighted by Gasteiger charge is 2.19. The molecule has 3 nitrogen and oxygen atoms in total. The molecule has 0 aliphatic carbocycles. The smallest absolute Gasteiger partial charge is 0.231 e. The summed E-state index contributed by atoms with van der Waals surface area (Å²) in [6.07, 6.45) is 0.708. The minimum absolute atomic E-state index is 0.153. The van der Waals surface area contributed by atoms with Gasteiger partial charge in [0, 0.05) is 17.1 Å². The van der Waals surface area contributed by atoms with Crippen LogP contribution in [0.3, 0.4) is 0 Å². The van der Waals surface area contributed by atoms with Crippen molar-refractivity contribution in [3.8, 4) is 11.5 Å². The van der Waals surface area contributed by atoms with Gasteiger partial charge in [0.15, 0.2) is 11.5 Å². The van der Waals surface area contributed by atoms with Crippen LogP contribution in [0.5, 0.6) is 11.5 Å². The van der Waals surface area contributed by atoms with E-state index in [1.807, 2.05) is 13.0 Å². The molecule has 0 unspecified atom stereocenters. The van der Waals surface area contributed by atoms with Crippen molar-refractivity contribution in [1.29, 1.82) is 0 Å². The van der Waals surface area contributed by atoms with Crippen molar-refractivity contribution in [2.45, 2.75) is 19.4 Å². The lowest BCUT2D eigenvalue weighted by atomic mass is 10.0. The van der Waals surface area contributed by atoms with E-state index in [2.05, 4.69) is 6.58 Å². The Morgan fingerprint density at radius 1 is 1.50 bits per heavy atom. The van der Waals surface area contributed by atoms with Gasteiger partial charge in [0.2, 0.25) is 6.79 Å². The Hall–Kier alpha value is -1.19. The van der Waals surface area contributed by atoms with E-state index >= 15 is 0 Å². The van der Waals surface area contributed by atoms with E-state index in [-0.39, 0.29) is 12.8 Å². The van der Waals surface area contributed by atoms with E-state index in [0.29, 0.717) is 22.9 Å². The molecule has 4 heteroatoms. The van der Waals surface area contributed by atoms with Crippen LogP contribution < -0.4 is 15.2 Å². The zero-order valence-electron chi connectivity index (χ0n) is 9.13. The van der Waals surface area contributed by atoms with Crippen LogP contribution in [0.4, 0.5) is 0 Å². The minimum Gasteiger partial charge on any atom is -0.454 e. The molecule has 1 aromatic rings. The first-order valence-corrected chi connectivity index (χ1v) is 5.44. The van der Waals surface area contributed by atoms with Gasteiger partial charge in [0.25, 0.3) is 0 Å². The van der Waals surface area contributed by atoms with Crippen molar-refractivity contribution >= 4 is 11.6 Å². The number of halogens is 1. The molecule has 2 N–H and O–H groups in total. The van der Waals surface area contributed by atoms with Crippen LogP contribution >= 0.6 is 11.6 Å². The zero-order chi connectivity index (χ0) is 11.7. The Bertz CT molecular complexity index is 431. The monoisotopic (exact) mass is 239 g/mol. The van der Waals surface area contributed by atoms with Crippen LogP contribution in [0.1, 0.15) is 24.9 Å². The summed E-state index contributed by atoms with van der Waals surface area (Å²) >= 11 is 6.14. The van der Waals surface area contributed by atoms with Gasteiger partial charge < -0.3 is 15.2 Å². The molecule has 1 atom stereocenters. The average Bonchev–Trinajstić information content (AvgIpc) is 2.61. The van der Waals surface area contributed by atoms with Crippen LogP contribution in [0.2, 0.25) is 5.02 Å². The first kappa shape index (κ1) is 11.3. The quantitative estimate of drug-likeness (QED) is 0.825. The molecule has 1 aliphatic rings. The maximum Gasteiger partial charge on any atom is 0.231 e. The van der Waals surface area contributed by atoms with Gasteiger partial charge in [-0.3, -0.25) is 0 Å². The zero-order valence-corrected chi connectivity index (χ0v) is 9.88. The second kappa shape index (κ2) is 4.36. The molecule has 1 aromatic carbocycles. The fourth-order valence-electron chi connectivity index (χ4n) is 1.70. The Labute approximate surface area is 99.8 Å². The maximum absolute atomic E-state index is 6.14. The second-order valence-corrected chi connectivity index (χ2v) is 4.40. The summed E-state index contributed by atoms with van der Waals surface area (Å²) in [6, 6.07) is 3.44. The maximum atomic E-state index is 6.14.